The number of hydrogen-bond acceptors (Lipinski definition) is 6. The zero-order valence-electron chi connectivity index (χ0n) is 11.4. The third-order valence-corrected chi connectivity index (χ3v) is 5.51. The zero-order chi connectivity index (χ0) is 14.4. The van der Waals surface area contributed by atoms with Gasteiger partial charge in [0, 0.05) is 18.4 Å². The fraction of sp³-hybridized carbons (Fsp3) is 0.692. The zero-order valence-corrected chi connectivity index (χ0v) is 12.3. The summed E-state index contributed by atoms with van der Waals surface area (Å²) >= 11 is 1.47. The van der Waals surface area contributed by atoms with Crippen LogP contribution in [0.5, 0.6) is 0 Å². The van der Waals surface area contributed by atoms with E-state index in [2.05, 4.69) is 15.3 Å². The molecule has 1 aliphatic carbocycles. The van der Waals surface area contributed by atoms with Crippen LogP contribution in [-0.2, 0) is 9.53 Å². The van der Waals surface area contributed by atoms with Crippen LogP contribution >= 0.6 is 11.3 Å². The van der Waals surface area contributed by atoms with Gasteiger partial charge < -0.3 is 9.84 Å². The SMILES string of the molecule is O=C(O)C1CCCC1c1nn2c(C3CCOC3)nnc2s1. The van der Waals surface area contributed by atoms with Gasteiger partial charge in [0.25, 0.3) is 0 Å². The molecule has 0 aromatic carbocycles. The number of aromatic nitrogens is 4. The number of carbonyl (C=O) groups is 1. The lowest BCUT2D eigenvalue weighted by molar-refractivity contribution is -0.142. The molecule has 0 spiro atoms. The first-order valence-corrected chi connectivity index (χ1v) is 8.08. The number of nitrogens with zero attached hydrogens (tertiary/aromatic N) is 4. The van der Waals surface area contributed by atoms with E-state index in [1.54, 1.807) is 4.52 Å². The number of rotatable bonds is 3. The van der Waals surface area contributed by atoms with Crippen molar-refractivity contribution < 1.29 is 14.6 Å². The van der Waals surface area contributed by atoms with Crippen LogP contribution in [0, 0.1) is 5.92 Å². The molecule has 2 aliphatic rings. The average molecular weight is 308 g/mol. The molecule has 4 rings (SSSR count). The van der Waals surface area contributed by atoms with Crippen LogP contribution in [0.15, 0.2) is 0 Å². The predicted octanol–water partition coefficient (Wildman–Crippen LogP) is 1.66. The van der Waals surface area contributed by atoms with Gasteiger partial charge in [-0.15, -0.1) is 10.2 Å². The van der Waals surface area contributed by atoms with Crippen molar-refractivity contribution in [3.63, 3.8) is 0 Å². The Kier molecular flexibility index (Phi) is 3.15. The van der Waals surface area contributed by atoms with E-state index in [-0.39, 0.29) is 17.8 Å². The van der Waals surface area contributed by atoms with Gasteiger partial charge in [0.2, 0.25) is 4.96 Å². The summed E-state index contributed by atoms with van der Waals surface area (Å²) in [6, 6.07) is 0. The van der Waals surface area contributed by atoms with Crippen molar-refractivity contribution >= 4 is 22.3 Å². The molecule has 2 aromatic heterocycles. The second-order valence-corrected chi connectivity index (χ2v) is 6.72. The molecule has 7 nitrogen and oxygen atoms in total. The van der Waals surface area contributed by atoms with Crippen LogP contribution in [-0.4, -0.2) is 44.1 Å². The Morgan fingerprint density at radius 1 is 1.33 bits per heavy atom. The molecule has 21 heavy (non-hydrogen) atoms. The molecule has 3 heterocycles. The quantitative estimate of drug-likeness (QED) is 0.927. The van der Waals surface area contributed by atoms with Crippen molar-refractivity contribution in [3.8, 4) is 0 Å². The second-order valence-electron chi connectivity index (χ2n) is 5.74. The van der Waals surface area contributed by atoms with Gasteiger partial charge in [0.05, 0.1) is 12.5 Å². The minimum atomic E-state index is -0.715. The van der Waals surface area contributed by atoms with Gasteiger partial charge in [-0.2, -0.15) is 9.61 Å². The minimum Gasteiger partial charge on any atom is -0.481 e. The van der Waals surface area contributed by atoms with Crippen LogP contribution in [0.4, 0.5) is 0 Å². The van der Waals surface area contributed by atoms with Gasteiger partial charge in [-0.05, 0) is 19.3 Å². The van der Waals surface area contributed by atoms with Gasteiger partial charge >= 0.3 is 5.97 Å². The molecule has 0 bridgehead atoms. The van der Waals surface area contributed by atoms with Crippen molar-refractivity contribution in [1.82, 2.24) is 19.8 Å². The topological polar surface area (TPSA) is 89.6 Å². The van der Waals surface area contributed by atoms with Gasteiger partial charge in [-0.25, -0.2) is 0 Å². The molecule has 1 aliphatic heterocycles. The number of carboxylic acid groups (broad SMARTS) is 1. The Balaban J connectivity index is 1.69. The monoisotopic (exact) mass is 308 g/mol. The number of ether oxygens (including phenoxy) is 1. The molecule has 3 unspecified atom stereocenters. The van der Waals surface area contributed by atoms with Crippen LogP contribution in [0.2, 0.25) is 0 Å². The summed E-state index contributed by atoms with van der Waals surface area (Å²) in [5, 5.41) is 23.2. The highest BCUT2D eigenvalue weighted by Crippen LogP contribution is 2.41. The fourth-order valence-corrected chi connectivity index (χ4v) is 4.39. The number of carboxylic acids is 1. The average Bonchev–Trinajstić information content (AvgIpc) is 3.21. The molecule has 3 atom stereocenters. The van der Waals surface area contributed by atoms with E-state index < -0.39 is 5.97 Å². The van der Waals surface area contributed by atoms with E-state index in [0.717, 1.165) is 48.1 Å². The van der Waals surface area contributed by atoms with Crippen molar-refractivity contribution in [1.29, 1.82) is 0 Å². The lowest BCUT2D eigenvalue weighted by atomic mass is 9.97. The lowest BCUT2D eigenvalue weighted by Gasteiger charge is -2.11. The van der Waals surface area contributed by atoms with Gasteiger partial charge in [-0.1, -0.05) is 17.8 Å². The summed E-state index contributed by atoms with van der Waals surface area (Å²) in [4.78, 5) is 12.1. The summed E-state index contributed by atoms with van der Waals surface area (Å²) in [5.74, 6) is 0.0745. The first kappa shape index (κ1) is 13.1. The van der Waals surface area contributed by atoms with Gasteiger partial charge in [0.1, 0.15) is 5.01 Å². The molecular weight excluding hydrogens is 292 g/mol. The molecule has 2 fully saturated rings. The molecule has 8 heteroatoms. The summed E-state index contributed by atoms with van der Waals surface area (Å²) < 4.78 is 7.19. The van der Waals surface area contributed by atoms with E-state index in [1.807, 2.05) is 0 Å². The van der Waals surface area contributed by atoms with Crippen molar-refractivity contribution in [3.05, 3.63) is 10.8 Å². The Bertz CT molecular complexity index is 676. The Morgan fingerprint density at radius 2 is 2.24 bits per heavy atom. The second kappa shape index (κ2) is 5.03. The molecule has 1 saturated heterocycles. The van der Waals surface area contributed by atoms with Crippen molar-refractivity contribution in [2.75, 3.05) is 13.2 Å². The molecule has 1 N–H and O–H groups in total. The Labute approximate surface area is 124 Å². The van der Waals surface area contributed by atoms with E-state index >= 15 is 0 Å². The van der Waals surface area contributed by atoms with Crippen LogP contribution in [0.1, 0.15) is 48.4 Å². The highest BCUT2D eigenvalue weighted by Gasteiger charge is 2.37. The number of hydrogen-bond donors (Lipinski definition) is 1. The summed E-state index contributed by atoms with van der Waals surface area (Å²) in [5.41, 5.74) is 0. The van der Waals surface area contributed by atoms with E-state index in [4.69, 9.17) is 4.74 Å². The maximum absolute atomic E-state index is 11.3. The third kappa shape index (κ3) is 2.13. The number of fused-ring (bicyclic) bond motifs is 1. The summed E-state index contributed by atoms with van der Waals surface area (Å²) in [7, 11) is 0. The predicted molar refractivity (Wildman–Crippen MR) is 74.6 cm³/mol. The number of aliphatic carboxylic acids is 1. The van der Waals surface area contributed by atoms with Gasteiger partial charge in [0.15, 0.2) is 5.82 Å². The third-order valence-electron chi connectivity index (χ3n) is 4.48. The maximum Gasteiger partial charge on any atom is 0.307 e. The smallest absolute Gasteiger partial charge is 0.307 e. The standard InChI is InChI=1S/C13H16N4O3S/c18-12(19)9-3-1-2-8(9)11-16-17-10(7-4-5-20-6-7)14-15-13(17)21-11/h7-9H,1-6H2,(H,18,19). The minimum absolute atomic E-state index is 0.0156. The normalized spacial score (nSPS) is 29.4. The highest BCUT2D eigenvalue weighted by atomic mass is 32.1. The molecular formula is C13H16N4O3S. The summed E-state index contributed by atoms with van der Waals surface area (Å²) in [6.07, 6.45) is 3.52. The van der Waals surface area contributed by atoms with E-state index in [9.17, 15) is 9.90 Å². The Hall–Kier alpha value is -1.54. The highest BCUT2D eigenvalue weighted by molar-refractivity contribution is 7.16. The van der Waals surface area contributed by atoms with Crippen molar-refractivity contribution in [2.24, 2.45) is 5.92 Å². The molecule has 0 radical (unpaired) electrons. The van der Waals surface area contributed by atoms with E-state index in [0.29, 0.717) is 6.61 Å². The van der Waals surface area contributed by atoms with Crippen LogP contribution in [0.3, 0.4) is 0 Å². The molecule has 112 valence electrons. The fourth-order valence-electron chi connectivity index (χ4n) is 3.34. The summed E-state index contributed by atoms with van der Waals surface area (Å²) in [6.45, 7) is 1.41. The van der Waals surface area contributed by atoms with Crippen molar-refractivity contribution in [2.45, 2.75) is 37.5 Å². The molecule has 1 saturated carbocycles. The van der Waals surface area contributed by atoms with Gasteiger partial charge in [-0.3, -0.25) is 4.79 Å². The first-order valence-electron chi connectivity index (χ1n) is 7.26. The van der Waals surface area contributed by atoms with E-state index in [1.165, 1.54) is 11.3 Å². The lowest BCUT2D eigenvalue weighted by Crippen LogP contribution is -2.17. The molecule has 2 aromatic rings. The van der Waals surface area contributed by atoms with Crippen LogP contribution < -0.4 is 0 Å². The molecule has 0 amide bonds. The largest absolute Gasteiger partial charge is 0.481 e. The first-order chi connectivity index (χ1) is 10.2. The maximum atomic E-state index is 11.3. The Morgan fingerprint density at radius 3 is 3.00 bits per heavy atom. The van der Waals surface area contributed by atoms with Crippen LogP contribution in [0.25, 0.3) is 4.96 Å².